The van der Waals surface area contributed by atoms with Gasteiger partial charge in [0.1, 0.15) is 5.60 Å². The summed E-state index contributed by atoms with van der Waals surface area (Å²) < 4.78 is 10.3. The molecule has 3 unspecified atom stereocenters. The lowest BCUT2D eigenvalue weighted by Gasteiger charge is -2.49. The summed E-state index contributed by atoms with van der Waals surface area (Å²) in [7, 11) is 0. The zero-order valence-corrected chi connectivity index (χ0v) is 12.8. The summed E-state index contributed by atoms with van der Waals surface area (Å²) in [6.45, 7) is 6.41. The highest BCUT2D eigenvalue weighted by Gasteiger charge is 2.49. The van der Waals surface area contributed by atoms with Gasteiger partial charge < -0.3 is 14.6 Å². The first-order chi connectivity index (χ1) is 9.71. The lowest BCUT2D eigenvalue weighted by Crippen LogP contribution is -2.51. The molecule has 2 bridgehead atoms. The van der Waals surface area contributed by atoms with Gasteiger partial charge in [-0.05, 0) is 39.0 Å². The largest absolute Gasteiger partial charge is 0.457 e. The van der Waals surface area contributed by atoms with Crippen LogP contribution in [0.25, 0.3) is 0 Å². The van der Waals surface area contributed by atoms with Gasteiger partial charge in [-0.1, -0.05) is 19.4 Å². The highest BCUT2D eigenvalue weighted by molar-refractivity contribution is 5.88. The van der Waals surface area contributed by atoms with E-state index < -0.39 is 29.7 Å². The van der Waals surface area contributed by atoms with Crippen molar-refractivity contribution in [2.24, 2.45) is 5.92 Å². The molecule has 0 aromatic heterocycles. The molecule has 0 aliphatic heterocycles. The van der Waals surface area contributed by atoms with Crippen molar-refractivity contribution < 1.29 is 24.2 Å². The maximum absolute atomic E-state index is 11.9. The maximum atomic E-state index is 11.9. The quantitative estimate of drug-likeness (QED) is 0.635. The van der Waals surface area contributed by atoms with Gasteiger partial charge in [-0.2, -0.15) is 0 Å². The first-order valence-corrected chi connectivity index (χ1v) is 7.48. The van der Waals surface area contributed by atoms with Crippen LogP contribution in [0.5, 0.6) is 0 Å². The van der Waals surface area contributed by atoms with E-state index in [0.717, 1.165) is 32.1 Å². The minimum atomic E-state index is -0.718. The zero-order chi connectivity index (χ0) is 15.7. The Bertz CT molecular complexity index is 458. The van der Waals surface area contributed by atoms with Crippen LogP contribution in [0.1, 0.15) is 52.4 Å². The molecule has 2 aliphatic rings. The van der Waals surface area contributed by atoms with Gasteiger partial charge in [0.15, 0.2) is 6.61 Å². The molecule has 1 N–H and O–H groups in total. The molecule has 2 aliphatic carbocycles. The van der Waals surface area contributed by atoms with Gasteiger partial charge in [-0.15, -0.1) is 0 Å². The van der Waals surface area contributed by atoms with E-state index in [4.69, 9.17) is 9.47 Å². The molecule has 2 rings (SSSR count). The Kier molecular flexibility index (Phi) is 4.42. The minimum absolute atomic E-state index is 0.246. The van der Waals surface area contributed by atoms with Crippen LogP contribution in [0.3, 0.4) is 0 Å². The van der Waals surface area contributed by atoms with Crippen molar-refractivity contribution in [1.82, 2.24) is 0 Å². The van der Waals surface area contributed by atoms with E-state index in [-0.39, 0.29) is 5.57 Å². The van der Waals surface area contributed by atoms with Gasteiger partial charge in [-0.25, -0.2) is 9.59 Å². The molecule has 2 fully saturated rings. The van der Waals surface area contributed by atoms with Crippen molar-refractivity contribution in [3.05, 3.63) is 12.2 Å². The molecule has 0 heterocycles. The first kappa shape index (κ1) is 16.0. The van der Waals surface area contributed by atoms with E-state index >= 15 is 0 Å². The lowest BCUT2D eigenvalue weighted by atomic mass is 9.64. The molecular formula is C16H24O5. The van der Waals surface area contributed by atoms with Crippen LogP contribution < -0.4 is 0 Å². The van der Waals surface area contributed by atoms with Crippen molar-refractivity contribution in [3.8, 4) is 0 Å². The number of carbonyl (C=O) groups is 2. The Morgan fingerprint density at radius 3 is 2.71 bits per heavy atom. The van der Waals surface area contributed by atoms with Crippen LogP contribution in [0.2, 0.25) is 0 Å². The number of ether oxygens (including phenoxy) is 2. The maximum Gasteiger partial charge on any atom is 0.344 e. The van der Waals surface area contributed by atoms with Crippen LogP contribution in [-0.2, 0) is 19.1 Å². The zero-order valence-electron chi connectivity index (χ0n) is 12.8. The third kappa shape index (κ3) is 4.06. The molecular weight excluding hydrogens is 272 g/mol. The predicted molar refractivity (Wildman–Crippen MR) is 76.4 cm³/mol. The van der Waals surface area contributed by atoms with Crippen molar-refractivity contribution >= 4 is 11.9 Å². The third-order valence-corrected chi connectivity index (χ3v) is 4.38. The van der Waals surface area contributed by atoms with E-state index in [2.05, 4.69) is 6.58 Å². The number of carbonyl (C=O) groups excluding carboxylic acids is 2. The fourth-order valence-corrected chi connectivity index (χ4v) is 3.80. The van der Waals surface area contributed by atoms with Gasteiger partial charge in [0.25, 0.3) is 0 Å². The SMILES string of the molecule is C=C(C)C(=O)OCC(=O)OC1(C)CC2CCCC(O)(C2)C1. The topological polar surface area (TPSA) is 72.8 Å². The Balaban J connectivity index is 1.90. The molecule has 0 aromatic rings. The monoisotopic (exact) mass is 296 g/mol. The minimum Gasteiger partial charge on any atom is -0.457 e. The number of esters is 2. The Morgan fingerprint density at radius 1 is 1.38 bits per heavy atom. The lowest BCUT2D eigenvalue weighted by molar-refractivity contribution is -0.186. The summed E-state index contributed by atoms with van der Waals surface area (Å²) in [6.07, 6.45) is 4.87. The first-order valence-electron chi connectivity index (χ1n) is 7.48. The number of fused-ring (bicyclic) bond motifs is 2. The smallest absolute Gasteiger partial charge is 0.344 e. The van der Waals surface area contributed by atoms with E-state index in [0.29, 0.717) is 12.3 Å². The average Bonchev–Trinajstić information content (AvgIpc) is 2.33. The highest BCUT2D eigenvalue weighted by atomic mass is 16.6. The Morgan fingerprint density at radius 2 is 2.10 bits per heavy atom. The second-order valence-electron chi connectivity index (χ2n) is 6.85. The van der Waals surface area contributed by atoms with Gasteiger partial charge in [0, 0.05) is 12.0 Å². The molecule has 2 saturated carbocycles. The van der Waals surface area contributed by atoms with Crippen LogP contribution in [0, 0.1) is 5.92 Å². The summed E-state index contributed by atoms with van der Waals surface area (Å²) >= 11 is 0. The highest BCUT2D eigenvalue weighted by Crippen LogP contribution is 2.48. The fourth-order valence-electron chi connectivity index (χ4n) is 3.80. The van der Waals surface area contributed by atoms with E-state index in [9.17, 15) is 14.7 Å². The summed E-state index contributed by atoms with van der Waals surface area (Å²) in [5.41, 5.74) is -1.15. The van der Waals surface area contributed by atoms with Gasteiger partial charge in [0.2, 0.25) is 0 Å². The number of rotatable bonds is 4. The second kappa shape index (κ2) is 5.79. The van der Waals surface area contributed by atoms with Crippen LogP contribution in [0.4, 0.5) is 0 Å². The van der Waals surface area contributed by atoms with E-state index in [1.165, 1.54) is 6.92 Å². The van der Waals surface area contributed by atoms with Gasteiger partial charge >= 0.3 is 11.9 Å². The fraction of sp³-hybridized carbons (Fsp3) is 0.750. The molecule has 118 valence electrons. The summed E-state index contributed by atoms with van der Waals surface area (Å²) in [5.74, 6) is -0.778. The Labute approximate surface area is 125 Å². The molecule has 0 saturated heterocycles. The molecule has 5 heteroatoms. The molecule has 5 nitrogen and oxygen atoms in total. The predicted octanol–water partition coefficient (Wildman–Crippen LogP) is 2.12. The summed E-state index contributed by atoms with van der Waals surface area (Å²) in [6, 6.07) is 0. The van der Waals surface area contributed by atoms with Crippen LogP contribution in [0.15, 0.2) is 12.2 Å². The van der Waals surface area contributed by atoms with Crippen molar-refractivity contribution in [2.45, 2.75) is 63.6 Å². The molecule has 0 aromatic carbocycles. The standard InChI is InChI=1S/C16H24O5/c1-11(2)14(18)20-9-13(17)21-15(3)7-12-5-4-6-16(19,8-12)10-15/h12,19H,1,4-10H2,2-3H3. The van der Waals surface area contributed by atoms with Gasteiger partial charge in [0.05, 0.1) is 5.60 Å². The molecule has 21 heavy (non-hydrogen) atoms. The number of hydrogen-bond acceptors (Lipinski definition) is 5. The Hall–Kier alpha value is -1.36. The van der Waals surface area contributed by atoms with Crippen molar-refractivity contribution in [2.75, 3.05) is 6.61 Å². The van der Waals surface area contributed by atoms with Crippen molar-refractivity contribution in [3.63, 3.8) is 0 Å². The van der Waals surface area contributed by atoms with Gasteiger partial charge in [-0.3, -0.25) is 0 Å². The van der Waals surface area contributed by atoms with E-state index in [1.807, 2.05) is 6.92 Å². The molecule has 0 amide bonds. The molecule has 0 spiro atoms. The van der Waals surface area contributed by atoms with Crippen molar-refractivity contribution in [1.29, 1.82) is 0 Å². The number of aliphatic hydroxyl groups is 1. The van der Waals surface area contributed by atoms with E-state index in [1.54, 1.807) is 0 Å². The van der Waals surface area contributed by atoms with Crippen LogP contribution in [-0.4, -0.2) is 34.9 Å². The molecule has 0 radical (unpaired) electrons. The summed E-state index contributed by atoms with van der Waals surface area (Å²) in [4.78, 5) is 23.1. The third-order valence-electron chi connectivity index (χ3n) is 4.38. The second-order valence-corrected chi connectivity index (χ2v) is 6.85. The summed E-state index contributed by atoms with van der Waals surface area (Å²) in [5, 5.41) is 10.6. The van der Waals surface area contributed by atoms with Crippen LogP contribution >= 0.6 is 0 Å². The molecule has 3 atom stereocenters. The average molecular weight is 296 g/mol. The number of hydrogen-bond donors (Lipinski definition) is 1. The normalized spacial score (nSPS) is 34.9.